The lowest BCUT2D eigenvalue weighted by Crippen LogP contribution is -2.46. The zero-order valence-corrected chi connectivity index (χ0v) is 18.7. The maximum Gasteiger partial charge on any atom is 0.236 e. The average Bonchev–Trinajstić information content (AvgIpc) is 3.12. The number of carbonyl (C=O) groups is 3. The van der Waals surface area contributed by atoms with Gasteiger partial charge >= 0.3 is 0 Å². The van der Waals surface area contributed by atoms with Gasteiger partial charge in [0.2, 0.25) is 17.7 Å². The highest BCUT2D eigenvalue weighted by Crippen LogP contribution is 2.37. The number of nitrogens with one attached hydrogen (secondary N) is 1. The van der Waals surface area contributed by atoms with Gasteiger partial charge in [-0.3, -0.25) is 19.7 Å². The summed E-state index contributed by atoms with van der Waals surface area (Å²) in [5.41, 5.74) is 1.81. The number of benzene rings is 2. The summed E-state index contributed by atoms with van der Waals surface area (Å²) in [4.78, 5) is 38.6. The molecule has 2 aliphatic heterocycles. The monoisotopic (exact) mass is 444 g/mol. The van der Waals surface area contributed by atoms with E-state index < -0.39 is 23.3 Å². The Balaban J connectivity index is 1.34. The fourth-order valence-electron chi connectivity index (χ4n) is 4.64. The van der Waals surface area contributed by atoms with Crippen LogP contribution in [0.15, 0.2) is 54.6 Å². The van der Waals surface area contributed by atoms with Gasteiger partial charge in [-0.15, -0.1) is 0 Å². The van der Waals surface area contributed by atoms with Crippen molar-refractivity contribution in [1.29, 1.82) is 0 Å². The highest BCUT2D eigenvalue weighted by atomic mass is 16.3. The maximum absolute atomic E-state index is 12.9. The molecule has 2 aromatic carbocycles. The molecule has 0 aliphatic carbocycles. The first kappa shape index (κ1) is 22.8. The second-order valence-corrected chi connectivity index (χ2v) is 8.96. The van der Waals surface area contributed by atoms with Crippen LogP contribution in [0, 0.1) is 17.3 Å². The standard InChI is InChI=1S/C27H28N2O4/c1-19(30)27(17-24(31)28-26(27)33)18-25(32)29-15-13-23(14-16-29)22-11-9-21(10-12-22)8-7-20-5-3-2-4-6-20/h2-6,9-12,19,23,30H,13-18H2,1H3,(H,28,31,33). The summed E-state index contributed by atoms with van der Waals surface area (Å²) in [6.45, 7) is 2.64. The largest absolute Gasteiger partial charge is 0.392 e. The molecule has 2 fully saturated rings. The molecule has 170 valence electrons. The topological polar surface area (TPSA) is 86.7 Å². The molecule has 6 heteroatoms. The van der Waals surface area contributed by atoms with Crippen molar-refractivity contribution in [3.8, 4) is 11.8 Å². The molecular weight excluding hydrogens is 416 g/mol. The molecule has 2 saturated heterocycles. The minimum Gasteiger partial charge on any atom is -0.392 e. The minimum absolute atomic E-state index is 0.148. The van der Waals surface area contributed by atoms with Gasteiger partial charge in [0.05, 0.1) is 11.5 Å². The van der Waals surface area contributed by atoms with Crippen LogP contribution in [0.4, 0.5) is 0 Å². The van der Waals surface area contributed by atoms with Gasteiger partial charge in [0.1, 0.15) is 0 Å². The van der Waals surface area contributed by atoms with Crippen LogP contribution in [0.5, 0.6) is 0 Å². The molecule has 2 heterocycles. The Hall–Kier alpha value is -3.43. The Kier molecular flexibility index (Phi) is 6.62. The van der Waals surface area contributed by atoms with Crippen LogP contribution in [0.2, 0.25) is 0 Å². The van der Waals surface area contributed by atoms with Crippen LogP contribution < -0.4 is 5.32 Å². The van der Waals surface area contributed by atoms with Gasteiger partial charge in [0, 0.05) is 37.1 Å². The van der Waals surface area contributed by atoms with Crippen molar-refractivity contribution in [3.63, 3.8) is 0 Å². The summed E-state index contributed by atoms with van der Waals surface area (Å²) in [7, 11) is 0. The van der Waals surface area contributed by atoms with E-state index in [9.17, 15) is 19.5 Å². The zero-order valence-electron chi connectivity index (χ0n) is 18.7. The first-order valence-electron chi connectivity index (χ1n) is 11.3. The van der Waals surface area contributed by atoms with Crippen molar-refractivity contribution in [1.82, 2.24) is 10.2 Å². The van der Waals surface area contributed by atoms with E-state index in [-0.39, 0.29) is 18.7 Å². The first-order valence-corrected chi connectivity index (χ1v) is 11.3. The normalized spacial score (nSPS) is 21.8. The van der Waals surface area contributed by atoms with Crippen LogP contribution in [0.25, 0.3) is 0 Å². The van der Waals surface area contributed by atoms with Gasteiger partial charge < -0.3 is 10.0 Å². The smallest absolute Gasteiger partial charge is 0.236 e. The summed E-state index contributed by atoms with van der Waals surface area (Å²) < 4.78 is 0. The predicted molar refractivity (Wildman–Crippen MR) is 124 cm³/mol. The number of piperidine rings is 1. The van der Waals surface area contributed by atoms with E-state index in [2.05, 4.69) is 29.3 Å². The van der Waals surface area contributed by atoms with Crippen molar-refractivity contribution in [2.75, 3.05) is 13.1 Å². The lowest BCUT2D eigenvalue weighted by atomic mass is 9.77. The summed E-state index contributed by atoms with van der Waals surface area (Å²) >= 11 is 0. The summed E-state index contributed by atoms with van der Waals surface area (Å²) in [6.07, 6.45) is 0.280. The van der Waals surface area contributed by atoms with E-state index in [4.69, 9.17) is 0 Å². The molecule has 2 unspecified atom stereocenters. The van der Waals surface area contributed by atoms with Crippen LogP contribution in [-0.2, 0) is 14.4 Å². The number of likely N-dealkylation sites (tertiary alicyclic amines) is 1. The van der Waals surface area contributed by atoms with E-state index >= 15 is 0 Å². The number of amides is 3. The van der Waals surface area contributed by atoms with Gasteiger partial charge in [0.15, 0.2) is 0 Å². The van der Waals surface area contributed by atoms with Crippen LogP contribution >= 0.6 is 0 Å². The number of imide groups is 1. The molecule has 0 aromatic heterocycles. The van der Waals surface area contributed by atoms with E-state index in [1.54, 1.807) is 4.90 Å². The van der Waals surface area contributed by atoms with Gasteiger partial charge in [-0.25, -0.2) is 0 Å². The predicted octanol–water partition coefficient (Wildman–Crippen LogP) is 2.60. The number of aliphatic hydroxyl groups excluding tert-OH is 1. The molecule has 2 atom stereocenters. The third-order valence-electron chi connectivity index (χ3n) is 6.80. The Labute approximate surface area is 194 Å². The molecule has 2 aromatic rings. The molecule has 0 radical (unpaired) electrons. The second-order valence-electron chi connectivity index (χ2n) is 8.96. The lowest BCUT2D eigenvalue weighted by Gasteiger charge is -2.35. The van der Waals surface area contributed by atoms with E-state index in [0.717, 1.165) is 24.0 Å². The molecule has 0 spiro atoms. The van der Waals surface area contributed by atoms with Crippen LogP contribution in [0.1, 0.15) is 55.2 Å². The average molecular weight is 445 g/mol. The zero-order chi connectivity index (χ0) is 23.4. The number of aliphatic hydroxyl groups is 1. The number of carbonyl (C=O) groups excluding carboxylic acids is 3. The second kappa shape index (κ2) is 9.60. The van der Waals surface area contributed by atoms with Crippen molar-refractivity contribution >= 4 is 17.7 Å². The summed E-state index contributed by atoms with van der Waals surface area (Å²) in [5, 5.41) is 12.4. The number of hydrogen-bond acceptors (Lipinski definition) is 4. The SMILES string of the molecule is CC(O)C1(CC(=O)N2CCC(c3ccc(C#Cc4ccccc4)cc3)CC2)CC(=O)NC1=O. The molecule has 3 amide bonds. The maximum atomic E-state index is 12.9. The molecule has 0 bridgehead atoms. The molecule has 4 rings (SSSR count). The highest BCUT2D eigenvalue weighted by Gasteiger charge is 2.52. The summed E-state index contributed by atoms with van der Waals surface area (Å²) in [5.74, 6) is 5.52. The number of rotatable bonds is 4. The van der Waals surface area contributed by atoms with Crippen molar-refractivity contribution in [2.24, 2.45) is 5.41 Å². The van der Waals surface area contributed by atoms with E-state index in [0.29, 0.717) is 19.0 Å². The highest BCUT2D eigenvalue weighted by molar-refractivity contribution is 6.07. The van der Waals surface area contributed by atoms with Gasteiger partial charge in [-0.1, -0.05) is 42.2 Å². The lowest BCUT2D eigenvalue weighted by molar-refractivity contribution is -0.145. The van der Waals surface area contributed by atoms with Crippen LogP contribution in [0.3, 0.4) is 0 Å². The third-order valence-corrected chi connectivity index (χ3v) is 6.80. The van der Waals surface area contributed by atoms with Gasteiger partial charge in [0.25, 0.3) is 0 Å². The molecule has 2 aliphatic rings. The Bertz CT molecular complexity index is 1090. The Morgan fingerprint density at radius 3 is 2.21 bits per heavy atom. The summed E-state index contributed by atoms with van der Waals surface area (Å²) in [6, 6.07) is 18.1. The number of nitrogens with zero attached hydrogens (tertiary/aromatic N) is 1. The molecule has 2 N–H and O–H groups in total. The van der Waals surface area contributed by atoms with Crippen molar-refractivity contribution in [2.45, 2.75) is 44.6 Å². The third kappa shape index (κ3) is 4.99. The first-order chi connectivity index (χ1) is 15.9. The molecular formula is C27H28N2O4. The van der Waals surface area contributed by atoms with E-state index in [1.807, 2.05) is 42.5 Å². The van der Waals surface area contributed by atoms with E-state index in [1.165, 1.54) is 12.5 Å². The van der Waals surface area contributed by atoms with Crippen LogP contribution in [-0.4, -0.2) is 46.9 Å². The van der Waals surface area contributed by atoms with Crippen molar-refractivity contribution < 1.29 is 19.5 Å². The van der Waals surface area contributed by atoms with Gasteiger partial charge in [-0.2, -0.15) is 0 Å². The minimum atomic E-state index is -1.36. The fourth-order valence-corrected chi connectivity index (χ4v) is 4.64. The quantitative estimate of drug-likeness (QED) is 0.561. The Morgan fingerprint density at radius 1 is 1.06 bits per heavy atom. The van der Waals surface area contributed by atoms with Gasteiger partial charge in [-0.05, 0) is 55.5 Å². The fraction of sp³-hybridized carbons (Fsp3) is 0.370. The molecule has 33 heavy (non-hydrogen) atoms. The Morgan fingerprint density at radius 2 is 1.67 bits per heavy atom. The molecule has 6 nitrogen and oxygen atoms in total. The molecule has 0 saturated carbocycles. The number of hydrogen-bond donors (Lipinski definition) is 2. The van der Waals surface area contributed by atoms with Crippen molar-refractivity contribution in [3.05, 3.63) is 71.3 Å².